The number of nitrogens with zero attached hydrogens (tertiary/aromatic N) is 3. The van der Waals surface area contributed by atoms with Crippen LogP contribution < -0.4 is 0 Å². The number of amides is 1. The predicted octanol–water partition coefficient (Wildman–Crippen LogP) is 4.14. The second kappa shape index (κ2) is 6.02. The van der Waals surface area contributed by atoms with E-state index in [0.717, 1.165) is 41.6 Å². The molecule has 1 atom stereocenters. The van der Waals surface area contributed by atoms with Gasteiger partial charge < -0.3 is 4.90 Å². The lowest BCUT2D eigenvalue weighted by atomic mass is 9.99. The summed E-state index contributed by atoms with van der Waals surface area (Å²) in [4.78, 5) is 15.7. The number of thiophene rings is 1. The Labute approximate surface area is 143 Å². The average molecular weight is 343 g/mol. The third-order valence-electron chi connectivity index (χ3n) is 4.65. The maximum Gasteiger partial charge on any atom is 0.264 e. The molecule has 3 aromatic rings. The van der Waals surface area contributed by atoms with Crippen LogP contribution in [0.2, 0.25) is 0 Å². The number of aryl methyl sites for hydroxylation is 1. The summed E-state index contributed by atoms with van der Waals surface area (Å²) in [5.41, 5.74) is 1.07. The standard InChI is InChI=1S/C18H18FN3OS/c1-21-14(7-8-20-21)15-4-2-3-9-22(15)18(23)17-11-12-10-13(19)5-6-16(12)24-17/h5-8,10-11,15H,2-4,9H2,1H3. The van der Waals surface area contributed by atoms with Crippen LogP contribution in [-0.4, -0.2) is 27.1 Å². The minimum Gasteiger partial charge on any atom is -0.329 e. The maximum absolute atomic E-state index is 13.4. The van der Waals surface area contributed by atoms with Crippen LogP contribution in [0.3, 0.4) is 0 Å². The van der Waals surface area contributed by atoms with Gasteiger partial charge in [0.1, 0.15) is 5.82 Å². The third kappa shape index (κ3) is 2.60. The molecule has 1 aliphatic heterocycles. The molecule has 4 nitrogen and oxygen atoms in total. The zero-order valence-corrected chi connectivity index (χ0v) is 14.2. The lowest BCUT2D eigenvalue weighted by Gasteiger charge is -2.35. The van der Waals surface area contributed by atoms with Crippen molar-refractivity contribution in [2.45, 2.75) is 25.3 Å². The van der Waals surface area contributed by atoms with Crippen molar-refractivity contribution in [1.82, 2.24) is 14.7 Å². The van der Waals surface area contributed by atoms with Crippen molar-refractivity contribution in [3.05, 3.63) is 52.9 Å². The molecule has 0 spiro atoms. The summed E-state index contributed by atoms with van der Waals surface area (Å²) in [7, 11) is 1.91. The molecule has 4 rings (SSSR count). The van der Waals surface area contributed by atoms with Gasteiger partial charge in [-0.1, -0.05) is 0 Å². The van der Waals surface area contributed by atoms with E-state index in [2.05, 4.69) is 5.10 Å². The van der Waals surface area contributed by atoms with Crippen molar-refractivity contribution in [1.29, 1.82) is 0 Å². The highest BCUT2D eigenvalue weighted by Gasteiger charge is 2.31. The van der Waals surface area contributed by atoms with Gasteiger partial charge >= 0.3 is 0 Å². The monoisotopic (exact) mass is 343 g/mol. The Kier molecular flexibility index (Phi) is 3.84. The molecule has 0 aliphatic carbocycles. The molecule has 124 valence electrons. The van der Waals surface area contributed by atoms with E-state index < -0.39 is 0 Å². The molecule has 3 heterocycles. The molecule has 0 saturated carbocycles. The highest BCUT2D eigenvalue weighted by molar-refractivity contribution is 7.20. The van der Waals surface area contributed by atoms with Crippen LogP contribution in [0, 0.1) is 5.82 Å². The van der Waals surface area contributed by atoms with Crippen LogP contribution in [0.25, 0.3) is 10.1 Å². The molecular formula is C18H18FN3OS. The van der Waals surface area contributed by atoms with Crippen molar-refractivity contribution in [2.75, 3.05) is 6.54 Å². The van der Waals surface area contributed by atoms with Gasteiger partial charge in [0.25, 0.3) is 5.91 Å². The lowest BCUT2D eigenvalue weighted by molar-refractivity contribution is 0.0606. The molecule has 0 radical (unpaired) electrons. The fourth-order valence-corrected chi connectivity index (χ4v) is 4.45. The van der Waals surface area contributed by atoms with Gasteiger partial charge in [-0.2, -0.15) is 5.10 Å². The van der Waals surface area contributed by atoms with E-state index in [1.807, 2.05) is 22.7 Å². The first kappa shape index (κ1) is 15.3. The Balaban J connectivity index is 1.69. The highest BCUT2D eigenvalue weighted by atomic mass is 32.1. The summed E-state index contributed by atoms with van der Waals surface area (Å²) in [5.74, 6) is -0.243. The van der Waals surface area contributed by atoms with Gasteiger partial charge in [0, 0.05) is 24.5 Å². The first-order valence-electron chi connectivity index (χ1n) is 8.11. The Morgan fingerprint density at radius 1 is 1.29 bits per heavy atom. The van der Waals surface area contributed by atoms with Crippen LogP contribution in [0.4, 0.5) is 4.39 Å². The molecular weight excluding hydrogens is 325 g/mol. The predicted molar refractivity (Wildman–Crippen MR) is 92.6 cm³/mol. The second-order valence-electron chi connectivity index (χ2n) is 6.18. The van der Waals surface area contributed by atoms with Crippen LogP contribution in [0.5, 0.6) is 0 Å². The molecule has 1 aliphatic rings. The summed E-state index contributed by atoms with van der Waals surface area (Å²) in [6, 6.07) is 8.50. The van der Waals surface area contributed by atoms with Crippen molar-refractivity contribution in [3.8, 4) is 0 Å². The van der Waals surface area contributed by atoms with E-state index in [0.29, 0.717) is 4.88 Å². The summed E-state index contributed by atoms with van der Waals surface area (Å²) in [5, 5.41) is 5.03. The molecule has 1 fully saturated rings. The maximum atomic E-state index is 13.4. The number of carbonyl (C=O) groups excluding carboxylic acids is 1. The summed E-state index contributed by atoms with van der Waals surface area (Å²) in [6.07, 6.45) is 4.84. The molecule has 1 saturated heterocycles. The Morgan fingerprint density at radius 2 is 2.17 bits per heavy atom. The van der Waals surface area contributed by atoms with Crippen LogP contribution in [0.15, 0.2) is 36.5 Å². The number of fused-ring (bicyclic) bond motifs is 1. The first-order chi connectivity index (χ1) is 11.6. The number of hydrogen-bond acceptors (Lipinski definition) is 3. The molecule has 1 amide bonds. The molecule has 1 aromatic carbocycles. The summed E-state index contributed by atoms with van der Waals surface area (Å²) < 4.78 is 16.2. The zero-order valence-electron chi connectivity index (χ0n) is 13.4. The van der Waals surface area contributed by atoms with Crippen molar-refractivity contribution >= 4 is 27.3 Å². The highest BCUT2D eigenvalue weighted by Crippen LogP contribution is 2.34. The topological polar surface area (TPSA) is 38.1 Å². The molecule has 2 aromatic heterocycles. The largest absolute Gasteiger partial charge is 0.329 e. The molecule has 0 bridgehead atoms. The normalized spacial score (nSPS) is 18.2. The average Bonchev–Trinajstić information content (AvgIpc) is 3.19. The number of likely N-dealkylation sites (tertiary alicyclic amines) is 1. The smallest absolute Gasteiger partial charge is 0.264 e. The molecule has 24 heavy (non-hydrogen) atoms. The number of halogens is 1. The van der Waals surface area contributed by atoms with Crippen LogP contribution in [0.1, 0.15) is 40.7 Å². The molecule has 6 heteroatoms. The van der Waals surface area contributed by atoms with Gasteiger partial charge in [0.15, 0.2) is 0 Å². The van der Waals surface area contributed by atoms with E-state index in [4.69, 9.17) is 0 Å². The number of carbonyl (C=O) groups is 1. The van der Waals surface area contributed by atoms with E-state index in [9.17, 15) is 9.18 Å². The van der Waals surface area contributed by atoms with E-state index in [-0.39, 0.29) is 17.8 Å². The summed E-state index contributed by atoms with van der Waals surface area (Å²) >= 11 is 1.43. The van der Waals surface area contributed by atoms with E-state index in [1.165, 1.54) is 23.5 Å². The Morgan fingerprint density at radius 3 is 2.96 bits per heavy atom. The van der Waals surface area contributed by atoms with E-state index in [1.54, 1.807) is 18.3 Å². The Bertz CT molecular complexity index is 901. The fourth-order valence-electron chi connectivity index (χ4n) is 3.45. The first-order valence-corrected chi connectivity index (χ1v) is 8.93. The van der Waals surface area contributed by atoms with E-state index >= 15 is 0 Å². The number of hydrogen-bond donors (Lipinski definition) is 0. The van der Waals surface area contributed by atoms with Gasteiger partial charge in [-0.3, -0.25) is 9.48 Å². The van der Waals surface area contributed by atoms with Gasteiger partial charge in [0.05, 0.1) is 16.6 Å². The van der Waals surface area contributed by atoms with Gasteiger partial charge in [-0.05, 0) is 55.0 Å². The fraction of sp³-hybridized carbons (Fsp3) is 0.333. The third-order valence-corrected chi connectivity index (χ3v) is 5.76. The van der Waals surface area contributed by atoms with Gasteiger partial charge in [-0.25, -0.2) is 4.39 Å². The quantitative estimate of drug-likeness (QED) is 0.701. The van der Waals surface area contributed by atoms with Gasteiger partial charge in [-0.15, -0.1) is 11.3 Å². The number of piperidine rings is 1. The lowest BCUT2D eigenvalue weighted by Crippen LogP contribution is -2.39. The molecule has 0 N–H and O–H groups in total. The minimum absolute atomic E-state index is 0.0301. The number of aromatic nitrogens is 2. The van der Waals surface area contributed by atoms with Crippen molar-refractivity contribution < 1.29 is 9.18 Å². The van der Waals surface area contributed by atoms with Crippen LogP contribution >= 0.6 is 11.3 Å². The SMILES string of the molecule is Cn1nccc1C1CCCCN1C(=O)c1cc2cc(F)ccc2s1. The Hall–Kier alpha value is -2.21. The number of benzene rings is 1. The molecule has 1 unspecified atom stereocenters. The van der Waals surface area contributed by atoms with Crippen molar-refractivity contribution in [3.63, 3.8) is 0 Å². The van der Waals surface area contributed by atoms with Crippen molar-refractivity contribution in [2.24, 2.45) is 7.05 Å². The second-order valence-corrected chi connectivity index (χ2v) is 7.27. The zero-order chi connectivity index (χ0) is 16.7. The number of rotatable bonds is 2. The van der Waals surface area contributed by atoms with Crippen LogP contribution in [-0.2, 0) is 7.05 Å². The minimum atomic E-state index is -0.273. The van der Waals surface area contributed by atoms with Gasteiger partial charge in [0.2, 0.25) is 0 Å². The summed E-state index contributed by atoms with van der Waals surface area (Å²) in [6.45, 7) is 0.747.